The SMILES string of the molecule is C1=CCCC(N(c2ccccc2)c2cc3c4c5c6c(cccc6ccc5n(-c5ccccc5)c4c2)-c2ccccc2-3)=C1. The van der Waals surface area contributed by atoms with Crippen LogP contribution in [0.25, 0.3) is 60.5 Å². The first-order valence-corrected chi connectivity index (χ1v) is 14.8. The minimum Gasteiger partial charge on any atom is -0.314 e. The highest BCUT2D eigenvalue weighted by Gasteiger charge is 2.27. The smallest absolute Gasteiger partial charge is 0.0568 e. The molecule has 2 nitrogen and oxygen atoms in total. The Labute approximate surface area is 245 Å². The van der Waals surface area contributed by atoms with Crippen LogP contribution in [-0.4, -0.2) is 4.57 Å². The van der Waals surface area contributed by atoms with Gasteiger partial charge in [0.15, 0.2) is 0 Å². The first-order valence-electron chi connectivity index (χ1n) is 14.8. The van der Waals surface area contributed by atoms with Crippen LogP contribution in [-0.2, 0) is 0 Å². The molecular formula is C40H28N2. The van der Waals surface area contributed by atoms with Crippen LogP contribution < -0.4 is 4.90 Å². The molecule has 2 heteroatoms. The van der Waals surface area contributed by atoms with Crippen molar-refractivity contribution < 1.29 is 0 Å². The van der Waals surface area contributed by atoms with E-state index >= 15 is 0 Å². The number of para-hydroxylation sites is 2. The molecule has 0 saturated carbocycles. The molecular weight excluding hydrogens is 508 g/mol. The lowest BCUT2D eigenvalue weighted by molar-refractivity contribution is 0.918. The van der Waals surface area contributed by atoms with Gasteiger partial charge in [-0.3, -0.25) is 0 Å². The first-order chi connectivity index (χ1) is 20.9. The highest BCUT2D eigenvalue weighted by Crippen LogP contribution is 2.51. The Kier molecular flexibility index (Phi) is 5.06. The van der Waals surface area contributed by atoms with Gasteiger partial charge in [-0.2, -0.15) is 0 Å². The van der Waals surface area contributed by atoms with Crippen molar-refractivity contribution >= 4 is 44.0 Å². The highest BCUT2D eigenvalue weighted by molar-refractivity contribution is 6.30. The molecule has 1 aromatic heterocycles. The largest absolute Gasteiger partial charge is 0.314 e. The number of allylic oxidation sites excluding steroid dienone is 4. The van der Waals surface area contributed by atoms with Gasteiger partial charge in [-0.25, -0.2) is 0 Å². The van der Waals surface area contributed by atoms with Crippen LogP contribution in [0.2, 0.25) is 0 Å². The normalized spacial score (nSPS) is 13.6. The van der Waals surface area contributed by atoms with Crippen LogP contribution >= 0.6 is 0 Å². The number of benzene rings is 6. The third-order valence-corrected chi connectivity index (χ3v) is 8.93. The fourth-order valence-corrected chi connectivity index (χ4v) is 7.20. The predicted molar refractivity (Wildman–Crippen MR) is 178 cm³/mol. The van der Waals surface area contributed by atoms with E-state index in [2.05, 4.69) is 155 Å². The van der Waals surface area contributed by atoms with Crippen molar-refractivity contribution in [2.75, 3.05) is 4.90 Å². The summed E-state index contributed by atoms with van der Waals surface area (Å²) in [7, 11) is 0. The maximum absolute atomic E-state index is 2.47. The summed E-state index contributed by atoms with van der Waals surface area (Å²) in [5.74, 6) is 0. The summed E-state index contributed by atoms with van der Waals surface area (Å²) in [6, 6.07) is 46.8. The zero-order valence-electron chi connectivity index (χ0n) is 23.2. The van der Waals surface area contributed by atoms with Gasteiger partial charge in [0.2, 0.25) is 0 Å². The van der Waals surface area contributed by atoms with Gasteiger partial charge in [0.25, 0.3) is 0 Å². The molecule has 6 aromatic carbocycles. The lowest BCUT2D eigenvalue weighted by Crippen LogP contribution is -2.17. The summed E-state index contributed by atoms with van der Waals surface area (Å²) in [6.45, 7) is 0. The molecule has 2 aliphatic carbocycles. The minimum atomic E-state index is 1.00. The summed E-state index contributed by atoms with van der Waals surface area (Å²) in [4.78, 5) is 2.46. The topological polar surface area (TPSA) is 8.17 Å². The number of fused-ring (bicyclic) bond motifs is 3. The average molecular weight is 537 g/mol. The lowest BCUT2D eigenvalue weighted by atomic mass is 9.93. The fourth-order valence-electron chi connectivity index (χ4n) is 7.20. The van der Waals surface area contributed by atoms with Crippen LogP contribution in [0.3, 0.4) is 0 Å². The number of nitrogens with zero attached hydrogens (tertiary/aromatic N) is 2. The molecule has 0 atom stereocenters. The van der Waals surface area contributed by atoms with E-state index in [1.165, 1.54) is 77.6 Å². The van der Waals surface area contributed by atoms with Crippen LogP contribution in [0.4, 0.5) is 11.4 Å². The number of rotatable bonds is 4. The van der Waals surface area contributed by atoms with Gasteiger partial charge in [0.05, 0.1) is 11.0 Å². The molecule has 0 unspecified atom stereocenters. The quantitative estimate of drug-likeness (QED) is 0.217. The fraction of sp³-hybridized carbons (Fsp3) is 0.0500. The summed E-state index contributed by atoms with van der Waals surface area (Å²) in [5, 5.41) is 5.29. The molecule has 0 bridgehead atoms. The molecule has 42 heavy (non-hydrogen) atoms. The van der Waals surface area contributed by atoms with Crippen molar-refractivity contribution in [2.24, 2.45) is 0 Å². The Balaban J connectivity index is 1.49. The Bertz CT molecular complexity index is 2230. The zero-order chi connectivity index (χ0) is 27.6. The second kappa shape index (κ2) is 9.09. The van der Waals surface area contributed by atoms with Crippen LogP contribution in [0.15, 0.2) is 151 Å². The summed E-state index contributed by atoms with van der Waals surface area (Å²) in [5.41, 5.74) is 12.5. The Morgan fingerprint density at radius 2 is 1.26 bits per heavy atom. The number of aromatic nitrogens is 1. The molecule has 1 heterocycles. The van der Waals surface area contributed by atoms with Gasteiger partial charge in [0.1, 0.15) is 0 Å². The van der Waals surface area contributed by atoms with Crippen molar-refractivity contribution in [2.45, 2.75) is 12.8 Å². The van der Waals surface area contributed by atoms with Gasteiger partial charge in [0, 0.05) is 33.5 Å². The van der Waals surface area contributed by atoms with Crippen molar-refractivity contribution in [3.05, 3.63) is 151 Å². The van der Waals surface area contributed by atoms with E-state index in [0.29, 0.717) is 0 Å². The van der Waals surface area contributed by atoms with Crippen molar-refractivity contribution in [1.82, 2.24) is 4.57 Å². The minimum absolute atomic E-state index is 1.00. The zero-order valence-corrected chi connectivity index (χ0v) is 23.2. The number of hydrogen-bond donors (Lipinski definition) is 0. The molecule has 0 aliphatic heterocycles. The molecule has 0 saturated heterocycles. The van der Waals surface area contributed by atoms with Gasteiger partial charge in [-0.05, 0) is 94.4 Å². The second-order valence-corrected chi connectivity index (χ2v) is 11.3. The van der Waals surface area contributed by atoms with Crippen molar-refractivity contribution in [3.8, 4) is 27.9 Å². The molecule has 0 spiro atoms. The first kappa shape index (κ1) is 23.4. The van der Waals surface area contributed by atoms with Gasteiger partial charge < -0.3 is 9.47 Å². The average Bonchev–Trinajstić information content (AvgIpc) is 3.34. The monoisotopic (exact) mass is 536 g/mol. The van der Waals surface area contributed by atoms with E-state index in [1.54, 1.807) is 0 Å². The summed E-state index contributed by atoms with van der Waals surface area (Å²) >= 11 is 0. The molecule has 0 fully saturated rings. The van der Waals surface area contributed by atoms with E-state index in [1.807, 2.05) is 0 Å². The third-order valence-electron chi connectivity index (χ3n) is 8.93. The Morgan fingerprint density at radius 3 is 2.05 bits per heavy atom. The summed E-state index contributed by atoms with van der Waals surface area (Å²) < 4.78 is 2.47. The van der Waals surface area contributed by atoms with Gasteiger partial charge in [-0.1, -0.05) is 97.1 Å². The molecule has 0 amide bonds. The van der Waals surface area contributed by atoms with E-state index < -0.39 is 0 Å². The standard InChI is InChI=1S/C40H28N2/c1-4-14-28(15-5-1)41(29-16-6-2-7-17-29)31-25-35-33-21-11-10-20-32(33)34-22-12-13-27-23-24-36-40(38(27)34)39(35)37(26-31)42(36)30-18-8-3-9-19-30/h1-6,8-16,18-26H,7,17H2. The van der Waals surface area contributed by atoms with Gasteiger partial charge >= 0.3 is 0 Å². The molecule has 0 N–H and O–H groups in total. The van der Waals surface area contributed by atoms with E-state index in [0.717, 1.165) is 12.8 Å². The van der Waals surface area contributed by atoms with Crippen LogP contribution in [0.1, 0.15) is 12.8 Å². The third kappa shape index (κ3) is 3.33. The molecule has 198 valence electrons. The predicted octanol–water partition coefficient (Wildman–Crippen LogP) is 11.0. The number of hydrogen-bond acceptors (Lipinski definition) is 1. The molecule has 9 rings (SSSR count). The lowest BCUT2D eigenvalue weighted by Gasteiger charge is -2.29. The maximum atomic E-state index is 2.47. The number of anilines is 2. The maximum Gasteiger partial charge on any atom is 0.0568 e. The van der Waals surface area contributed by atoms with Crippen LogP contribution in [0.5, 0.6) is 0 Å². The molecule has 2 aliphatic rings. The molecule has 0 radical (unpaired) electrons. The van der Waals surface area contributed by atoms with E-state index in [-0.39, 0.29) is 0 Å². The van der Waals surface area contributed by atoms with E-state index in [9.17, 15) is 0 Å². The summed E-state index contributed by atoms with van der Waals surface area (Å²) in [6.07, 6.45) is 8.79. The van der Waals surface area contributed by atoms with E-state index in [4.69, 9.17) is 0 Å². The Morgan fingerprint density at radius 1 is 0.524 bits per heavy atom. The Hall–Kier alpha value is -5.34. The molecule has 7 aromatic rings. The second-order valence-electron chi connectivity index (χ2n) is 11.3. The van der Waals surface area contributed by atoms with Gasteiger partial charge in [-0.15, -0.1) is 0 Å². The van der Waals surface area contributed by atoms with Crippen LogP contribution in [0, 0.1) is 0 Å². The van der Waals surface area contributed by atoms with Crippen molar-refractivity contribution in [1.29, 1.82) is 0 Å². The highest BCUT2D eigenvalue weighted by atomic mass is 15.2. The van der Waals surface area contributed by atoms with Crippen molar-refractivity contribution in [3.63, 3.8) is 0 Å².